The van der Waals surface area contributed by atoms with Crippen molar-refractivity contribution in [2.75, 3.05) is 20.3 Å². The average molecular weight is 412 g/mol. The Labute approximate surface area is 172 Å². The van der Waals surface area contributed by atoms with E-state index in [9.17, 15) is 14.4 Å². The van der Waals surface area contributed by atoms with Crippen molar-refractivity contribution in [3.05, 3.63) is 51.9 Å². The van der Waals surface area contributed by atoms with Gasteiger partial charge in [-0.25, -0.2) is 9.78 Å². The summed E-state index contributed by atoms with van der Waals surface area (Å²) in [7, 11) is 1.59. The van der Waals surface area contributed by atoms with E-state index in [2.05, 4.69) is 9.98 Å². The topological polar surface area (TPSA) is 104 Å². The highest BCUT2D eigenvalue weighted by Crippen LogP contribution is 2.12. The lowest BCUT2D eigenvalue weighted by atomic mass is 10.2. The Kier molecular flexibility index (Phi) is 6.73. The zero-order valence-corrected chi connectivity index (χ0v) is 17.3. The van der Waals surface area contributed by atoms with Crippen LogP contribution in [0.1, 0.15) is 37.0 Å². The van der Waals surface area contributed by atoms with E-state index in [1.54, 1.807) is 49.9 Å². The summed E-state index contributed by atoms with van der Waals surface area (Å²) in [5.74, 6) is -1.04. The molecular weight excluding hydrogens is 388 g/mol. The zero-order chi connectivity index (χ0) is 21.7. The van der Waals surface area contributed by atoms with E-state index in [1.165, 1.54) is 10.5 Å². The Morgan fingerprint density at radius 1 is 1.23 bits per heavy atom. The molecule has 9 nitrogen and oxygen atoms in total. The van der Waals surface area contributed by atoms with Gasteiger partial charge in [0.2, 0.25) is 5.91 Å². The minimum atomic E-state index is -0.653. The monoisotopic (exact) mass is 412 g/mol. The second kappa shape index (κ2) is 9.45. The molecule has 3 aromatic rings. The number of fused-ring (bicyclic) bond motifs is 2. The molecule has 0 bridgehead atoms. The Bertz CT molecular complexity index is 1230. The number of aromatic nitrogens is 3. The summed E-state index contributed by atoms with van der Waals surface area (Å²) in [4.78, 5) is 46.7. The highest BCUT2D eigenvalue weighted by molar-refractivity contribution is 5.93. The van der Waals surface area contributed by atoms with Gasteiger partial charge < -0.3 is 14.0 Å². The quantitative estimate of drug-likeness (QED) is 0.332. The molecule has 0 atom stereocenters. The number of methoxy groups -OCH3 is 1. The van der Waals surface area contributed by atoms with E-state index < -0.39 is 11.9 Å². The molecule has 0 aliphatic rings. The van der Waals surface area contributed by atoms with Crippen LogP contribution >= 0.6 is 0 Å². The second-order valence-electron chi connectivity index (χ2n) is 6.54. The fraction of sp³-hybridized carbons (Fsp3) is 0.381. The number of carbonyl (C=O) groups is 2. The first kappa shape index (κ1) is 21.4. The van der Waals surface area contributed by atoms with Gasteiger partial charge in [-0.05, 0) is 31.5 Å². The first-order valence-corrected chi connectivity index (χ1v) is 9.80. The number of ether oxygens (including phenoxy) is 2. The molecule has 0 unspecified atom stereocenters. The molecule has 3 rings (SSSR count). The normalized spacial score (nSPS) is 11.9. The summed E-state index contributed by atoms with van der Waals surface area (Å²) in [5, 5.41) is 0.238. The molecule has 0 aliphatic carbocycles. The number of hydrogen-bond donors (Lipinski definition) is 0. The molecule has 0 aliphatic heterocycles. The van der Waals surface area contributed by atoms with Crippen LogP contribution in [0.2, 0.25) is 0 Å². The van der Waals surface area contributed by atoms with Crippen LogP contribution in [0.3, 0.4) is 0 Å². The van der Waals surface area contributed by atoms with Crippen molar-refractivity contribution < 1.29 is 19.1 Å². The largest absolute Gasteiger partial charge is 0.462 e. The molecule has 158 valence electrons. The summed E-state index contributed by atoms with van der Waals surface area (Å²) in [5.41, 5.74) is 0.662. The lowest BCUT2D eigenvalue weighted by molar-refractivity contribution is -0.117. The molecule has 0 N–H and O–H groups in total. The van der Waals surface area contributed by atoms with Gasteiger partial charge in [0.25, 0.3) is 5.56 Å². The van der Waals surface area contributed by atoms with Crippen LogP contribution in [0, 0.1) is 0 Å². The van der Waals surface area contributed by atoms with Gasteiger partial charge >= 0.3 is 5.97 Å². The second-order valence-corrected chi connectivity index (χ2v) is 6.54. The summed E-state index contributed by atoms with van der Waals surface area (Å²) in [6.07, 6.45) is 2.36. The van der Waals surface area contributed by atoms with Crippen molar-refractivity contribution >= 4 is 28.6 Å². The van der Waals surface area contributed by atoms with Crippen LogP contribution in [0.5, 0.6) is 0 Å². The Morgan fingerprint density at radius 3 is 2.73 bits per heavy atom. The molecule has 0 saturated heterocycles. The van der Waals surface area contributed by atoms with Gasteiger partial charge in [-0.1, -0.05) is 13.0 Å². The maximum Gasteiger partial charge on any atom is 0.341 e. The highest BCUT2D eigenvalue weighted by Gasteiger charge is 2.19. The van der Waals surface area contributed by atoms with Crippen LogP contribution in [0.4, 0.5) is 0 Å². The molecular formula is C21H24N4O5. The smallest absolute Gasteiger partial charge is 0.341 e. The Morgan fingerprint density at radius 2 is 2.03 bits per heavy atom. The number of aryl methyl sites for hydroxylation is 1. The molecule has 3 aromatic heterocycles. The molecule has 9 heteroatoms. The van der Waals surface area contributed by atoms with Crippen LogP contribution < -0.4 is 11.0 Å². The first-order valence-electron chi connectivity index (χ1n) is 9.80. The maximum absolute atomic E-state index is 13.1. The molecule has 0 radical (unpaired) electrons. The lowest BCUT2D eigenvalue weighted by Crippen LogP contribution is -2.33. The summed E-state index contributed by atoms with van der Waals surface area (Å²) in [6, 6.07) is 6.64. The third kappa shape index (κ3) is 4.16. The molecule has 30 heavy (non-hydrogen) atoms. The maximum atomic E-state index is 13.1. The fourth-order valence-corrected chi connectivity index (χ4v) is 3.13. The van der Waals surface area contributed by atoms with E-state index >= 15 is 0 Å². The predicted octanol–water partition coefficient (Wildman–Crippen LogP) is 1.70. The van der Waals surface area contributed by atoms with Crippen LogP contribution in [0.25, 0.3) is 16.7 Å². The molecule has 0 spiro atoms. The number of amides is 1. The predicted molar refractivity (Wildman–Crippen MR) is 110 cm³/mol. The van der Waals surface area contributed by atoms with E-state index in [0.717, 1.165) is 0 Å². The molecule has 0 saturated carbocycles. The van der Waals surface area contributed by atoms with Gasteiger partial charge in [-0.2, -0.15) is 4.99 Å². The van der Waals surface area contributed by atoms with Crippen LogP contribution in [-0.2, 0) is 20.8 Å². The van der Waals surface area contributed by atoms with Crippen molar-refractivity contribution in [2.24, 2.45) is 4.99 Å². The third-order valence-electron chi connectivity index (χ3n) is 4.55. The third-order valence-corrected chi connectivity index (χ3v) is 4.55. The van der Waals surface area contributed by atoms with Gasteiger partial charge in [0.1, 0.15) is 16.9 Å². The first-order chi connectivity index (χ1) is 14.5. The summed E-state index contributed by atoms with van der Waals surface area (Å²) >= 11 is 0. The van der Waals surface area contributed by atoms with Gasteiger partial charge in [-0.15, -0.1) is 0 Å². The minimum absolute atomic E-state index is 0.0540. The van der Waals surface area contributed by atoms with E-state index in [-0.39, 0.29) is 35.0 Å². The SMILES string of the molecule is CCOC(=O)c1cc2c(=O)n3ccccc3nc2n(CCCOC)c1=NC(=O)CC. The van der Waals surface area contributed by atoms with Crippen molar-refractivity contribution in [1.82, 2.24) is 14.0 Å². The van der Waals surface area contributed by atoms with Gasteiger partial charge in [0, 0.05) is 32.9 Å². The molecule has 0 aromatic carbocycles. The summed E-state index contributed by atoms with van der Waals surface area (Å²) < 4.78 is 13.3. The van der Waals surface area contributed by atoms with E-state index in [4.69, 9.17) is 9.47 Å². The minimum Gasteiger partial charge on any atom is -0.462 e. The number of hydrogen-bond acceptors (Lipinski definition) is 6. The number of pyridine rings is 2. The fourth-order valence-electron chi connectivity index (χ4n) is 3.13. The number of esters is 1. The molecule has 0 fully saturated rings. The summed E-state index contributed by atoms with van der Waals surface area (Å²) in [6.45, 7) is 4.32. The number of rotatable bonds is 7. The standard InChI is InChI=1S/C21H24N4O5/c1-4-17(26)23-19-15(21(28)30-5-2)13-14-18(25(19)11-8-12-29-3)22-16-9-6-7-10-24(16)20(14)27/h6-7,9-10,13H,4-5,8,11-12H2,1-3H3. The van der Waals surface area contributed by atoms with Gasteiger partial charge in [0.05, 0.1) is 12.0 Å². The lowest BCUT2D eigenvalue weighted by Gasteiger charge is -2.15. The molecule has 1 amide bonds. The number of carbonyl (C=O) groups excluding carboxylic acids is 2. The van der Waals surface area contributed by atoms with Crippen molar-refractivity contribution in [2.45, 2.75) is 33.2 Å². The van der Waals surface area contributed by atoms with E-state index in [1.807, 2.05) is 0 Å². The van der Waals surface area contributed by atoms with Gasteiger partial charge in [-0.3, -0.25) is 14.0 Å². The Balaban J connectivity index is 2.46. The van der Waals surface area contributed by atoms with E-state index in [0.29, 0.717) is 30.9 Å². The van der Waals surface area contributed by atoms with Crippen molar-refractivity contribution in [3.63, 3.8) is 0 Å². The zero-order valence-electron chi connectivity index (χ0n) is 17.3. The van der Waals surface area contributed by atoms with Crippen molar-refractivity contribution in [1.29, 1.82) is 0 Å². The number of nitrogens with zero attached hydrogens (tertiary/aromatic N) is 4. The van der Waals surface area contributed by atoms with Gasteiger partial charge in [0.15, 0.2) is 5.49 Å². The highest BCUT2D eigenvalue weighted by atomic mass is 16.5. The van der Waals surface area contributed by atoms with Crippen molar-refractivity contribution in [3.8, 4) is 0 Å². The van der Waals surface area contributed by atoms with Crippen LogP contribution in [0.15, 0.2) is 40.2 Å². The van der Waals surface area contributed by atoms with Crippen LogP contribution in [-0.4, -0.2) is 46.2 Å². The molecule has 3 heterocycles. The Hall–Kier alpha value is -3.33. The average Bonchev–Trinajstić information content (AvgIpc) is 2.75.